The van der Waals surface area contributed by atoms with Crippen molar-refractivity contribution < 1.29 is 38.1 Å². The molecule has 0 heterocycles. The van der Waals surface area contributed by atoms with Crippen molar-refractivity contribution in [1.82, 2.24) is 0 Å². The van der Waals surface area contributed by atoms with Crippen LogP contribution < -0.4 is 0 Å². The third-order valence-electron chi connectivity index (χ3n) is 2.63. The van der Waals surface area contributed by atoms with Crippen LogP contribution >= 0.6 is 0 Å². The smallest absolute Gasteiger partial charge is 0.347 e. The molecule has 0 aliphatic carbocycles. The molecule has 8 heteroatoms. The van der Waals surface area contributed by atoms with Crippen LogP contribution in [0.5, 0.6) is 0 Å². The van der Waals surface area contributed by atoms with E-state index >= 15 is 0 Å². The molecule has 0 saturated heterocycles. The molecule has 0 rings (SSSR count). The van der Waals surface area contributed by atoms with Gasteiger partial charge in [-0.15, -0.1) is 0 Å². The van der Waals surface area contributed by atoms with Gasteiger partial charge in [0.1, 0.15) is 0 Å². The molecule has 0 radical (unpaired) electrons. The van der Waals surface area contributed by atoms with Gasteiger partial charge in [-0.25, -0.2) is 9.59 Å². The highest BCUT2D eigenvalue weighted by atomic mass is 16.6. The third kappa shape index (κ3) is 11.1. The number of carbonyl (C=O) groups excluding carboxylic acids is 4. The highest BCUT2D eigenvalue weighted by Gasteiger charge is 2.18. The number of carbonyl (C=O) groups is 4. The minimum atomic E-state index is -0.920. The summed E-state index contributed by atoms with van der Waals surface area (Å²) in [5.74, 6) is -2.28. The summed E-state index contributed by atoms with van der Waals surface area (Å²) in [6, 6.07) is 0. The molecule has 0 N–H and O–H groups in total. The Balaban J connectivity index is 3.63. The first-order chi connectivity index (χ1) is 10.7. The molecule has 23 heavy (non-hydrogen) atoms. The normalized spacial score (nSPS) is 12.7. The van der Waals surface area contributed by atoms with Gasteiger partial charge in [-0.1, -0.05) is 0 Å². The first-order valence-corrected chi connectivity index (χ1v) is 7.41. The standard InChI is InChI=1S/C15H24O8/c1-10(22-12(3)16)14(18)20-8-6-5-7-9-21-15(19)11(2)23-13(4)17/h10-11H,5-9H2,1-4H3/t10-,11-/m1/s1. The molecule has 0 aliphatic rings. The molecule has 0 spiro atoms. The van der Waals surface area contributed by atoms with Crippen LogP contribution in [0.3, 0.4) is 0 Å². The fraction of sp³-hybridized carbons (Fsp3) is 0.733. The minimum absolute atomic E-state index is 0.197. The zero-order valence-corrected chi connectivity index (χ0v) is 14.0. The lowest BCUT2D eigenvalue weighted by atomic mass is 10.2. The summed E-state index contributed by atoms with van der Waals surface area (Å²) in [5, 5.41) is 0. The number of unbranched alkanes of at least 4 members (excludes halogenated alkanes) is 2. The summed E-state index contributed by atoms with van der Waals surface area (Å²) in [6.45, 7) is 5.70. The molecule has 0 aromatic carbocycles. The van der Waals surface area contributed by atoms with E-state index in [1.165, 1.54) is 27.7 Å². The fourth-order valence-electron chi connectivity index (χ4n) is 1.56. The maximum absolute atomic E-state index is 11.4. The van der Waals surface area contributed by atoms with Crippen molar-refractivity contribution in [3.63, 3.8) is 0 Å². The number of hydrogen-bond acceptors (Lipinski definition) is 8. The van der Waals surface area contributed by atoms with Gasteiger partial charge in [0.2, 0.25) is 0 Å². The van der Waals surface area contributed by atoms with E-state index in [2.05, 4.69) is 9.47 Å². The molecule has 2 atom stereocenters. The van der Waals surface area contributed by atoms with Gasteiger partial charge in [0.05, 0.1) is 13.2 Å². The van der Waals surface area contributed by atoms with Gasteiger partial charge in [0.15, 0.2) is 12.2 Å². The highest BCUT2D eigenvalue weighted by molar-refractivity contribution is 5.78. The highest BCUT2D eigenvalue weighted by Crippen LogP contribution is 2.02. The van der Waals surface area contributed by atoms with Crippen LogP contribution in [-0.2, 0) is 38.1 Å². The predicted octanol–water partition coefficient (Wildman–Crippen LogP) is 1.15. The van der Waals surface area contributed by atoms with E-state index in [-0.39, 0.29) is 13.2 Å². The molecule has 0 fully saturated rings. The monoisotopic (exact) mass is 332 g/mol. The Kier molecular flexibility index (Phi) is 10.4. The van der Waals surface area contributed by atoms with Crippen molar-refractivity contribution in [2.45, 2.75) is 59.2 Å². The maximum Gasteiger partial charge on any atom is 0.347 e. The fourth-order valence-corrected chi connectivity index (χ4v) is 1.56. The molecule has 0 saturated carbocycles. The van der Waals surface area contributed by atoms with Gasteiger partial charge < -0.3 is 18.9 Å². The Morgan fingerprint density at radius 2 is 1.04 bits per heavy atom. The second-order valence-corrected chi connectivity index (χ2v) is 4.90. The quantitative estimate of drug-likeness (QED) is 0.333. The molecule has 0 amide bonds. The first kappa shape index (κ1) is 20.9. The second-order valence-electron chi connectivity index (χ2n) is 4.90. The molecule has 0 unspecified atom stereocenters. The minimum Gasteiger partial charge on any atom is -0.463 e. The zero-order valence-electron chi connectivity index (χ0n) is 14.0. The third-order valence-corrected chi connectivity index (χ3v) is 2.63. The number of esters is 4. The summed E-state index contributed by atoms with van der Waals surface area (Å²) in [6.07, 6.45) is 0.0303. The molecule has 8 nitrogen and oxygen atoms in total. The van der Waals surface area contributed by atoms with Crippen molar-refractivity contribution in [3.05, 3.63) is 0 Å². The van der Waals surface area contributed by atoms with E-state index in [1.54, 1.807) is 0 Å². The topological polar surface area (TPSA) is 105 Å². The zero-order chi connectivity index (χ0) is 17.8. The number of hydrogen-bond donors (Lipinski definition) is 0. The number of rotatable bonds is 10. The largest absolute Gasteiger partial charge is 0.463 e. The van der Waals surface area contributed by atoms with E-state index in [4.69, 9.17) is 9.47 Å². The van der Waals surface area contributed by atoms with Crippen LogP contribution in [0.2, 0.25) is 0 Å². The molecule has 0 aromatic rings. The molecule has 0 aromatic heterocycles. The van der Waals surface area contributed by atoms with Gasteiger partial charge in [0.25, 0.3) is 0 Å². The van der Waals surface area contributed by atoms with Crippen molar-refractivity contribution in [3.8, 4) is 0 Å². The van der Waals surface area contributed by atoms with Crippen molar-refractivity contribution in [2.75, 3.05) is 13.2 Å². The lowest BCUT2D eigenvalue weighted by Crippen LogP contribution is -2.26. The molecular weight excluding hydrogens is 308 g/mol. The summed E-state index contributed by atoms with van der Waals surface area (Å²) in [7, 11) is 0. The van der Waals surface area contributed by atoms with Gasteiger partial charge in [-0.3, -0.25) is 9.59 Å². The Hall–Kier alpha value is -2.12. The number of ether oxygens (including phenoxy) is 4. The average molecular weight is 332 g/mol. The summed E-state index contributed by atoms with van der Waals surface area (Å²) in [5.41, 5.74) is 0. The Labute approximate surface area is 135 Å². The summed E-state index contributed by atoms with van der Waals surface area (Å²) < 4.78 is 19.2. The Bertz CT molecular complexity index is 380. The van der Waals surface area contributed by atoms with Crippen LogP contribution in [-0.4, -0.2) is 49.3 Å². The van der Waals surface area contributed by atoms with E-state index in [9.17, 15) is 19.2 Å². The van der Waals surface area contributed by atoms with Crippen LogP contribution in [0.4, 0.5) is 0 Å². The van der Waals surface area contributed by atoms with Gasteiger partial charge >= 0.3 is 23.9 Å². The van der Waals surface area contributed by atoms with Crippen molar-refractivity contribution in [2.24, 2.45) is 0 Å². The van der Waals surface area contributed by atoms with Gasteiger partial charge in [-0.2, -0.15) is 0 Å². The van der Waals surface area contributed by atoms with Crippen LogP contribution in [0.1, 0.15) is 47.0 Å². The van der Waals surface area contributed by atoms with Crippen molar-refractivity contribution in [1.29, 1.82) is 0 Å². The van der Waals surface area contributed by atoms with Crippen molar-refractivity contribution >= 4 is 23.9 Å². The Morgan fingerprint density at radius 1 is 0.696 bits per heavy atom. The van der Waals surface area contributed by atoms with Crippen LogP contribution in [0.25, 0.3) is 0 Å². The van der Waals surface area contributed by atoms with E-state index in [1.807, 2.05) is 0 Å². The molecule has 132 valence electrons. The van der Waals surface area contributed by atoms with Gasteiger partial charge in [-0.05, 0) is 33.1 Å². The maximum atomic E-state index is 11.4. The Morgan fingerprint density at radius 3 is 1.35 bits per heavy atom. The van der Waals surface area contributed by atoms with E-state index < -0.39 is 36.1 Å². The van der Waals surface area contributed by atoms with E-state index in [0.717, 1.165) is 0 Å². The summed E-state index contributed by atoms with van der Waals surface area (Å²) in [4.78, 5) is 44.2. The van der Waals surface area contributed by atoms with Crippen LogP contribution in [0, 0.1) is 0 Å². The SMILES string of the molecule is CC(=O)O[C@H](C)C(=O)OCCCCCOC(=O)[C@@H](C)OC(C)=O. The molecule has 0 bridgehead atoms. The van der Waals surface area contributed by atoms with Crippen LogP contribution in [0.15, 0.2) is 0 Å². The second kappa shape index (κ2) is 11.4. The lowest BCUT2D eigenvalue weighted by molar-refractivity contribution is -0.165. The first-order valence-electron chi connectivity index (χ1n) is 7.41. The van der Waals surface area contributed by atoms with Gasteiger partial charge in [0, 0.05) is 13.8 Å². The predicted molar refractivity (Wildman–Crippen MR) is 78.2 cm³/mol. The molecule has 0 aliphatic heterocycles. The lowest BCUT2D eigenvalue weighted by Gasteiger charge is -2.12. The molecular formula is C15H24O8. The van der Waals surface area contributed by atoms with E-state index in [0.29, 0.717) is 19.3 Å². The average Bonchev–Trinajstić information content (AvgIpc) is 2.44. The summed E-state index contributed by atoms with van der Waals surface area (Å²) >= 11 is 0.